The van der Waals surface area contributed by atoms with E-state index in [0.29, 0.717) is 0 Å². The van der Waals surface area contributed by atoms with Gasteiger partial charge >= 0.3 is 14.4 Å². The fourth-order valence-electron chi connectivity index (χ4n) is 0.189. The normalized spacial score (nSPS) is 14.2. The van der Waals surface area contributed by atoms with E-state index in [9.17, 15) is 21.6 Å². The van der Waals surface area contributed by atoms with Crippen molar-refractivity contribution >= 4 is 18.8 Å². The van der Waals surface area contributed by atoms with Crippen LogP contribution in [0.25, 0.3) is 0 Å². The van der Waals surface area contributed by atoms with Crippen molar-refractivity contribution in [3.8, 4) is 0 Å². The first kappa shape index (κ1) is 10.1. The molecule has 0 aromatic rings. The monoisotopic (exact) mass is 195 g/mol. The summed E-state index contributed by atoms with van der Waals surface area (Å²) in [5.41, 5.74) is -5.10. The number of hydrogen-bond donors (Lipinski definition) is 0. The zero-order chi connectivity index (χ0) is 8.58. The van der Waals surface area contributed by atoms with E-state index >= 15 is 0 Å². The first-order valence-electron chi connectivity index (χ1n) is 2.09. The summed E-state index contributed by atoms with van der Waals surface area (Å²) in [4.78, 5) is 0. The lowest BCUT2D eigenvalue weighted by molar-refractivity contribution is -0.0411. The van der Waals surface area contributed by atoms with E-state index < -0.39 is 24.3 Å². The van der Waals surface area contributed by atoms with Crippen LogP contribution in [-0.4, -0.2) is 26.4 Å². The van der Waals surface area contributed by atoms with Gasteiger partial charge in [-0.3, -0.25) is 0 Å². The molecule has 0 heterocycles. The molecule has 0 saturated carbocycles. The molecule has 0 radical (unpaired) electrons. The Balaban J connectivity index is 4.79. The molecule has 10 heavy (non-hydrogen) atoms. The molecule has 0 amide bonds. The summed E-state index contributed by atoms with van der Waals surface area (Å²) < 4.78 is 55.0. The third kappa shape index (κ3) is 1.79. The molecule has 0 fully saturated rings. The van der Waals surface area contributed by atoms with Crippen LogP contribution in [0.5, 0.6) is 0 Å². The lowest BCUT2D eigenvalue weighted by Crippen LogP contribution is -2.29. The highest BCUT2D eigenvalue weighted by Crippen LogP contribution is 2.27. The molecule has 0 atom stereocenters. The van der Waals surface area contributed by atoms with Crippen molar-refractivity contribution in [2.75, 3.05) is 12.5 Å². The highest BCUT2D eigenvalue weighted by Gasteiger charge is 2.54. The van der Waals surface area contributed by atoms with Gasteiger partial charge in [0.25, 0.3) is 0 Å². The topological polar surface area (TPSA) is 34.1 Å². The van der Waals surface area contributed by atoms with Gasteiger partial charge in [0.05, 0.1) is 0 Å². The predicted octanol–water partition coefficient (Wildman–Crippen LogP) is 0.714. The van der Waals surface area contributed by atoms with Crippen molar-refractivity contribution in [2.45, 2.75) is 5.51 Å². The summed E-state index contributed by atoms with van der Waals surface area (Å²) in [6.07, 6.45) is 2.03. The van der Waals surface area contributed by atoms with Crippen LogP contribution in [0, 0.1) is 0 Å². The van der Waals surface area contributed by atoms with Gasteiger partial charge in [-0.15, -0.1) is 0 Å². The Kier molecular flexibility index (Phi) is 2.64. The van der Waals surface area contributed by atoms with Crippen LogP contribution in [0.4, 0.5) is 13.2 Å². The first-order valence-corrected chi connectivity index (χ1v) is 6.13. The van der Waals surface area contributed by atoms with Gasteiger partial charge in [0.15, 0.2) is 0 Å². The Bertz CT molecular complexity index is 202. The second kappa shape index (κ2) is 2.61. The maximum absolute atomic E-state index is 11.5. The molecule has 0 aromatic heterocycles. The third-order valence-electron chi connectivity index (χ3n) is 0.722. The Morgan fingerprint density at radius 1 is 1.20 bits per heavy atom. The minimum atomic E-state index is -5.10. The van der Waals surface area contributed by atoms with E-state index in [1.165, 1.54) is 0 Å². The van der Waals surface area contributed by atoms with Crippen LogP contribution < -0.4 is 0 Å². The van der Waals surface area contributed by atoms with Crippen LogP contribution in [-0.2, 0) is 18.8 Å². The van der Waals surface area contributed by atoms with Gasteiger partial charge in [0.1, 0.15) is 22.4 Å². The highest BCUT2D eigenvalue weighted by molar-refractivity contribution is 8.69. The highest BCUT2D eigenvalue weighted by atomic mass is 33.2. The van der Waals surface area contributed by atoms with Crippen molar-refractivity contribution in [1.82, 2.24) is 0 Å². The zero-order valence-electron chi connectivity index (χ0n) is 5.27. The molecule has 0 saturated heterocycles. The Morgan fingerprint density at radius 3 is 1.50 bits per heavy atom. The summed E-state index contributed by atoms with van der Waals surface area (Å²) in [7, 11) is -6.53. The van der Waals surface area contributed by atoms with E-state index in [2.05, 4.69) is 0 Å². The predicted molar refractivity (Wildman–Crippen MR) is 34.2 cm³/mol. The molecular weight excluding hydrogens is 189 g/mol. The van der Waals surface area contributed by atoms with Crippen molar-refractivity contribution in [1.29, 1.82) is 0 Å². The van der Waals surface area contributed by atoms with Gasteiger partial charge in [-0.25, -0.2) is 0 Å². The van der Waals surface area contributed by atoms with E-state index in [1.807, 2.05) is 0 Å². The van der Waals surface area contributed by atoms with Gasteiger partial charge in [-0.1, -0.05) is 0 Å². The van der Waals surface area contributed by atoms with E-state index in [-0.39, 0.29) is 0 Å². The molecule has 0 aliphatic carbocycles. The molecule has 0 aliphatic heterocycles. The molecule has 0 N–H and O–H groups in total. The van der Waals surface area contributed by atoms with Crippen molar-refractivity contribution in [3.05, 3.63) is 0 Å². The number of hydrogen-bond acceptors (Lipinski definition) is 2. The molecule has 62 valence electrons. The lowest BCUT2D eigenvalue weighted by atomic mass is 11.6. The van der Waals surface area contributed by atoms with Gasteiger partial charge < -0.3 is 0 Å². The minimum Gasteiger partial charge on any atom is -0.168 e. The van der Waals surface area contributed by atoms with E-state index in [4.69, 9.17) is 0 Å². The molecule has 0 aromatic carbocycles. The van der Waals surface area contributed by atoms with E-state index in [1.54, 1.807) is 0 Å². The second-order valence-electron chi connectivity index (χ2n) is 1.64. The molecule has 2 nitrogen and oxygen atoms in total. The molecule has 0 spiro atoms. The molecule has 0 rings (SSSR count). The number of rotatable bonds is 1. The molecular formula is C3H6F3O2S2+. The fraction of sp³-hybridized carbons (Fsp3) is 1.00. The van der Waals surface area contributed by atoms with Crippen molar-refractivity contribution < 1.29 is 21.6 Å². The summed E-state index contributed by atoms with van der Waals surface area (Å²) >= 11 is 0. The van der Waals surface area contributed by atoms with Gasteiger partial charge in [0, 0.05) is 0 Å². The van der Waals surface area contributed by atoms with Crippen molar-refractivity contribution in [3.63, 3.8) is 0 Å². The Hall–Kier alpha value is 0.0900. The molecule has 0 aliphatic rings. The summed E-state index contributed by atoms with van der Waals surface area (Å²) in [5, 5.41) is 0. The largest absolute Gasteiger partial charge is 0.543 e. The van der Waals surface area contributed by atoms with E-state index in [0.717, 1.165) is 12.5 Å². The van der Waals surface area contributed by atoms with Gasteiger partial charge in [0.2, 0.25) is 0 Å². The van der Waals surface area contributed by atoms with Crippen LogP contribution in [0.3, 0.4) is 0 Å². The van der Waals surface area contributed by atoms with Crippen LogP contribution in [0.15, 0.2) is 0 Å². The fourth-order valence-corrected chi connectivity index (χ4v) is 1.70. The number of halogens is 3. The summed E-state index contributed by atoms with van der Waals surface area (Å²) in [6, 6.07) is 0. The maximum atomic E-state index is 11.5. The third-order valence-corrected chi connectivity index (χ3v) is 5.37. The Labute approximate surface area is 59.1 Å². The quantitative estimate of drug-likeness (QED) is 0.456. The smallest absolute Gasteiger partial charge is 0.168 e. The average Bonchev–Trinajstić information content (AvgIpc) is 1.62. The van der Waals surface area contributed by atoms with Gasteiger partial charge in [-0.2, -0.15) is 21.6 Å². The summed E-state index contributed by atoms with van der Waals surface area (Å²) in [5.74, 6) is 0. The minimum absolute atomic E-state index is 1.02. The molecule has 0 unspecified atom stereocenters. The zero-order valence-corrected chi connectivity index (χ0v) is 6.90. The lowest BCUT2D eigenvalue weighted by Gasteiger charge is -2.02. The van der Waals surface area contributed by atoms with Crippen LogP contribution in [0.1, 0.15) is 0 Å². The average molecular weight is 195 g/mol. The molecule has 7 heteroatoms. The van der Waals surface area contributed by atoms with Crippen molar-refractivity contribution in [2.24, 2.45) is 0 Å². The SMILES string of the molecule is C[S+](C)S(=O)(=O)C(F)(F)F. The maximum Gasteiger partial charge on any atom is 0.543 e. The number of alkyl halides is 3. The standard InChI is InChI=1S/C3H6F3O2S2/c1-9(2)10(7,8)3(4,5)6/h1-2H3/q+1. The first-order chi connectivity index (χ1) is 4.19. The van der Waals surface area contributed by atoms with Crippen LogP contribution >= 0.6 is 0 Å². The molecule has 0 bridgehead atoms. The Morgan fingerprint density at radius 2 is 1.50 bits per heavy atom. The summed E-state index contributed by atoms with van der Waals surface area (Å²) in [6.45, 7) is 0. The second-order valence-corrected chi connectivity index (χ2v) is 7.81. The van der Waals surface area contributed by atoms with Gasteiger partial charge in [-0.05, 0) is 0 Å². The van der Waals surface area contributed by atoms with Crippen LogP contribution in [0.2, 0.25) is 0 Å².